The smallest absolute Gasteiger partial charge is 0.261 e. The minimum atomic E-state index is -3.67. The second-order valence-corrected chi connectivity index (χ2v) is 7.20. The molecule has 0 atom stereocenters. The van der Waals surface area contributed by atoms with Crippen LogP contribution in [-0.2, 0) is 20.3 Å². The van der Waals surface area contributed by atoms with Crippen LogP contribution in [0.5, 0.6) is 0 Å². The Morgan fingerprint density at radius 2 is 1.75 bits per heavy atom. The standard InChI is InChI=1S/C14H20ClNO3S/c1-3-12(4-2)14(17)16-10-9-11-5-7-13(8-6-11)20(15,18)19/h5-8,12H,3-4,9-10H2,1-2H3,(H,16,17). The summed E-state index contributed by atoms with van der Waals surface area (Å²) < 4.78 is 22.2. The van der Waals surface area contributed by atoms with E-state index in [4.69, 9.17) is 10.7 Å². The molecule has 0 bridgehead atoms. The first kappa shape index (κ1) is 17.0. The van der Waals surface area contributed by atoms with E-state index in [-0.39, 0.29) is 16.7 Å². The third kappa shape index (κ3) is 5.13. The molecule has 20 heavy (non-hydrogen) atoms. The summed E-state index contributed by atoms with van der Waals surface area (Å²) in [5.41, 5.74) is 0.957. The number of carbonyl (C=O) groups excluding carboxylic acids is 1. The van der Waals surface area contributed by atoms with Gasteiger partial charge in [-0.1, -0.05) is 26.0 Å². The molecule has 0 saturated carbocycles. The first-order valence-corrected chi connectivity index (χ1v) is 9.00. The van der Waals surface area contributed by atoms with Gasteiger partial charge in [0.1, 0.15) is 0 Å². The third-order valence-corrected chi connectivity index (χ3v) is 4.64. The Labute approximate surface area is 124 Å². The van der Waals surface area contributed by atoms with Crippen LogP contribution in [0.4, 0.5) is 0 Å². The van der Waals surface area contributed by atoms with Gasteiger partial charge in [0.05, 0.1) is 4.90 Å². The van der Waals surface area contributed by atoms with Crippen LogP contribution >= 0.6 is 10.7 Å². The fourth-order valence-electron chi connectivity index (χ4n) is 1.95. The van der Waals surface area contributed by atoms with E-state index < -0.39 is 9.05 Å². The summed E-state index contributed by atoms with van der Waals surface area (Å²) >= 11 is 0. The Bertz CT molecular complexity index is 536. The van der Waals surface area contributed by atoms with Crippen LogP contribution in [0.3, 0.4) is 0 Å². The van der Waals surface area contributed by atoms with Gasteiger partial charge in [0, 0.05) is 23.1 Å². The molecule has 1 amide bonds. The zero-order chi connectivity index (χ0) is 15.2. The lowest BCUT2D eigenvalue weighted by atomic mass is 10.0. The van der Waals surface area contributed by atoms with Crippen LogP contribution in [0.2, 0.25) is 0 Å². The van der Waals surface area contributed by atoms with Crippen molar-refractivity contribution in [3.8, 4) is 0 Å². The van der Waals surface area contributed by atoms with Crippen molar-refractivity contribution in [2.24, 2.45) is 5.92 Å². The zero-order valence-corrected chi connectivity index (χ0v) is 13.3. The highest BCUT2D eigenvalue weighted by atomic mass is 35.7. The predicted molar refractivity (Wildman–Crippen MR) is 80.3 cm³/mol. The highest BCUT2D eigenvalue weighted by Gasteiger charge is 2.13. The molecule has 6 heteroatoms. The van der Waals surface area contributed by atoms with Crippen LogP contribution < -0.4 is 5.32 Å². The SMILES string of the molecule is CCC(CC)C(=O)NCCc1ccc(S(=O)(=O)Cl)cc1. The summed E-state index contributed by atoms with van der Waals surface area (Å²) in [5, 5.41) is 2.89. The second-order valence-electron chi connectivity index (χ2n) is 4.64. The van der Waals surface area contributed by atoms with Gasteiger partial charge in [0.2, 0.25) is 5.91 Å². The van der Waals surface area contributed by atoms with Gasteiger partial charge in [0.25, 0.3) is 9.05 Å². The first-order chi connectivity index (χ1) is 9.38. The van der Waals surface area contributed by atoms with Gasteiger partial charge in [-0.25, -0.2) is 8.42 Å². The molecule has 0 unspecified atom stereocenters. The molecule has 0 aliphatic rings. The van der Waals surface area contributed by atoms with Gasteiger partial charge < -0.3 is 5.32 Å². The number of halogens is 1. The molecule has 4 nitrogen and oxygen atoms in total. The number of benzene rings is 1. The van der Waals surface area contributed by atoms with Crippen molar-refractivity contribution >= 4 is 25.6 Å². The van der Waals surface area contributed by atoms with Crippen molar-refractivity contribution in [3.05, 3.63) is 29.8 Å². The van der Waals surface area contributed by atoms with Crippen molar-refractivity contribution in [2.75, 3.05) is 6.54 Å². The Hall–Kier alpha value is -1.07. The lowest BCUT2D eigenvalue weighted by molar-refractivity contribution is -0.125. The van der Waals surface area contributed by atoms with Gasteiger partial charge in [-0.15, -0.1) is 0 Å². The normalized spacial score (nSPS) is 11.6. The van der Waals surface area contributed by atoms with Crippen LogP contribution in [0.25, 0.3) is 0 Å². The summed E-state index contributed by atoms with van der Waals surface area (Å²) in [6.45, 7) is 4.54. The average Bonchev–Trinajstić information content (AvgIpc) is 2.39. The molecule has 0 radical (unpaired) electrons. The molecule has 0 fully saturated rings. The van der Waals surface area contributed by atoms with Crippen molar-refractivity contribution in [1.29, 1.82) is 0 Å². The number of hydrogen-bond donors (Lipinski definition) is 1. The van der Waals surface area contributed by atoms with Crippen LogP contribution in [0, 0.1) is 5.92 Å². The highest BCUT2D eigenvalue weighted by Crippen LogP contribution is 2.15. The van der Waals surface area contributed by atoms with Gasteiger partial charge >= 0.3 is 0 Å². The van der Waals surface area contributed by atoms with Crippen LogP contribution in [-0.4, -0.2) is 20.9 Å². The van der Waals surface area contributed by atoms with Gasteiger partial charge in [-0.3, -0.25) is 4.79 Å². The van der Waals surface area contributed by atoms with Crippen molar-refractivity contribution in [3.63, 3.8) is 0 Å². The molecule has 1 rings (SSSR count). The fourth-order valence-corrected chi connectivity index (χ4v) is 2.72. The van der Waals surface area contributed by atoms with E-state index in [1.807, 2.05) is 13.8 Å². The van der Waals surface area contributed by atoms with E-state index in [9.17, 15) is 13.2 Å². The fraction of sp³-hybridized carbons (Fsp3) is 0.500. The predicted octanol–water partition coefficient (Wildman–Crippen LogP) is 2.71. The average molecular weight is 318 g/mol. The van der Waals surface area contributed by atoms with Crippen molar-refractivity contribution in [1.82, 2.24) is 5.32 Å². The molecule has 0 aliphatic heterocycles. The molecule has 0 aliphatic carbocycles. The number of carbonyl (C=O) groups is 1. The van der Waals surface area contributed by atoms with Gasteiger partial charge in [0.15, 0.2) is 0 Å². The quantitative estimate of drug-likeness (QED) is 0.786. The number of amides is 1. The topological polar surface area (TPSA) is 63.2 Å². The van der Waals surface area contributed by atoms with Crippen molar-refractivity contribution < 1.29 is 13.2 Å². The maximum absolute atomic E-state index is 11.8. The summed E-state index contributed by atoms with van der Waals surface area (Å²) in [5.74, 6) is 0.147. The van der Waals surface area contributed by atoms with E-state index in [1.165, 1.54) is 12.1 Å². The van der Waals surface area contributed by atoms with E-state index in [1.54, 1.807) is 12.1 Å². The number of nitrogens with one attached hydrogen (secondary N) is 1. The van der Waals surface area contributed by atoms with Gasteiger partial charge in [-0.05, 0) is 37.0 Å². The monoisotopic (exact) mass is 317 g/mol. The second kappa shape index (κ2) is 7.64. The highest BCUT2D eigenvalue weighted by molar-refractivity contribution is 8.13. The van der Waals surface area contributed by atoms with Crippen molar-refractivity contribution in [2.45, 2.75) is 38.0 Å². The summed E-state index contributed by atoms with van der Waals surface area (Å²) in [4.78, 5) is 11.9. The molecule has 1 aromatic carbocycles. The van der Waals surface area contributed by atoms with E-state index in [2.05, 4.69) is 5.32 Å². The lowest BCUT2D eigenvalue weighted by Gasteiger charge is -2.12. The molecule has 0 saturated heterocycles. The molecule has 1 aromatic rings. The van der Waals surface area contributed by atoms with E-state index in [0.29, 0.717) is 13.0 Å². The minimum Gasteiger partial charge on any atom is -0.356 e. The molecule has 0 heterocycles. The maximum Gasteiger partial charge on any atom is 0.261 e. The lowest BCUT2D eigenvalue weighted by Crippen LogP contribution is -2.31. The molecule has 0 spiro atoms. The number of hydrogen-bond acceptors (Lipinski definition) is 3. The number of rotatable bonds is 7. The Morgan fingerprint density at radius 1 is 1.20 bits per heavy atom. The molecular formula is C14H20ClNO3S. The Morgan fingerprint density at radius 3 is 2.20 bits per heavy atom. The molecule has 1 N–H and O–H groups in total. The Kier molecular flexibility index (Phi) is 6.49. The maximum atomic E-state index is 11.8. The van der Waals surface area contributed by atoms with E-state index in [0.717, 1.165) is 18.4 Å². The summed E-state index contributed by atoms with van der Waals surface area (Å²) in [6.07, 6.45) is 2.34. The van der Waals surface area contributed by atoms with Crippen LogP contribution in [0.15, 0.2) is 29.2 Å². The first-order valence-electron chi connectivity index (χ1n) is 6.69. The minimum absolute atomic E-state index is 0.0683. The summed E-state index contributed by atoms with van der Waals surface area (Å²) in [7, 11) is 1.57. The molecule has 112 valence electrons. The van der Waals surface area contributed by atoms with Gasteiger partial charge in [-0.2, -0.15) is 0 Å². The molecular weight excluding hydrogens is 298 g/mol. The largest absolute Gasteiger partial charge is 0.356 e. The van der Waals surface area contributed by atoms with Crippen LogP contribution in [0.1, 0.15) is 32.3 Å². The Balaban J connectivity index is 2.49. The molecule has 0 aromatic heterocycles. The van der Waals surface area contributed by atoms with E-state index >= 15 is 0 Å². The zero-order valence-electron chi connectivity index (χ0n) is 11.7. The third-order valence-electron chi connectivity index (χ3n) is 3.27. The summed E-state index contributed by atoms with van der Waals surface area (Å²) in [6, 6.07) is 6.36.